The van der Waals surface area contributed by atoms with E-state index < -0.39 is 0 Å². The fourth-order valence-electron chi connectivity index (χ4n) is 2.68. The van der Waals surface area contributed by atoms with Crippen LogP contribution in [0.1, 0.15) is 5.56 Å². The summed E-state index contributed by atoms with van der Waals surface area (Å²) in [7, 11) is 0. The van der Waals surface area contributed by atoms with Crippen molar-refractivity contribution < 1.29 is 9.53 Å². The summed E-state index contributed by atoms with van der Waals surface area (Å²) in [6, 6.07) is 16.0. The minimum Gasteiger partial charge on any atom is -0.379 e. The van der Waals surface area contributed by atoms with Gasteiger partial charge in [0.1, 0.15) is 0 Å². The van der Waals surface area contributed by atoms with Gasteiger partial charge in [0.2, 0.25) is 5.91 Å². The number of benzene rings is 2. The topological polar surface area (TPSA) is 41.6 Å². The monoisotopic (exact) mass is 344 g/mol. The van der Waals surface area contributed by atoms with Crippen LogP contribution in [0.5, 0.6) is 0 Å². The lowest BCUT2D eigenvalue weighted by atomic mass is 10.0. The molecule has 0 bridgehead atoms. The molecule has 1 saturated heterocycles. The van der Waals surface area contributed by atoms with Gasteiger partial charge in [-0.2, -0.15) is 0 Å². The minimum atomic E-state index is 0.0543. The van der Waals surface area contributed by atoms with E-state index in [1.807, 2.05) is 36.4 Å². The van der Waals surface area contributed by atoms with Gasteiger partial charge in [0, 0.05) is 24.7 Å². The number of amides is 1. The number of hydrogen-bond acceptors (Lipinski definition) is 3. The van der Waals surface area contributed by atoms with Crippen molar-refractivity contribution in [3.63, 3.8) is 0 Å². The highest BCUT2D eigenvalue weighted by atomic mass is 35.5. The third kappa shape index (κ3) is 4.81. The van der Waals surface area contributed by atoms with E-state index in [4.69, 9.17) is 16.3 Å². The quantitative estimate of drug-likeness (QED) is 0.906. The van der Waals surface area contributed by atoms with E-state index in [-0.39, 0.29) is 5.91 Å². The molecule has 1 amide bonds. The summed E-state index contributed by atoms with van der Waals surface area (Å²) in [5.74, 6) is 0.0543. The Bertz CT molecular complexity index is 665. The summed E-state index contributed by atoms with van der Waals surface area (Å²) in [5.41, 5.74) is 3.35. The number of halogens is 1. The van der Waals surface area contributed by atoms with Crippen molar-refractivity contribution in [1.29, 1.82) is 0 Å². The Labute approximate surface area is 147 Å². The molecule has 3 rings (SSSR count). The van der Waals surface area contributed by atoms with Gasteiger partial charge in [0.05, 0.1) is 19.8 Å². The van der Waals surface area contributed by atoms with Crippen LogP contribution in [-0.2, 0) is 16.1 Å². The van der Waals surface area contributed by atoms with Crippen molar-refractivity contribution in [1.82, 2.24) is 10.2 Å². The lowest BCUT2D eigenvalue weighted by molar-refractivity contribution is -0.123. The maximum Gasteiger partial charge on any atom is 0.234 e. The van der Waals surface area contributed by atoms with Crippen LogP contribution >= 0.6 is 11.6 Å². The Morgan fingerprint density at radius 3 is 2.21 bits per heavy atom. The molecule has 4 nitrogen and oxygen atoms in total. The lowest BCUT2D eigenvalue weighted by Crippen LogP contribution is -2.43. The maximum atomic E-state index is 12.0. The van der Waals surface area contributed by atoms with Crippen LogP contribution in [0.2, 0.25) is 5.02 Å². The van der Waals surface area contributed by atoms with Crippen LogP contribution in [0.25, 0.3) is 11.1 Å². The maximum absolute atomic E-state index is 12.0. The molecule has 0 unspecified atom stereocenters. The average Bonchev–Trinajstić information content (AvgIpc) is 2.62. The van der Waals surface area contributed by atoms with Crippen LogP contribution in [-0.4, -0.2) is 43.7 Å². The number of ether oxygens (including phenoxy) is 1. The third-order valence-electron chi connectivity index (χ3n) is 4.09. The zero-order valence-electron chi connectivity index (χ0n) is 13.5. The van der Waals surface area contributed by atoms with Gasteiger partial charge in [-0.05, 0) is 28.8 Å². The first kappa shape index (κ1) is 17.0. The van der Waals surface area contributed by atoms with Crippen LogP contribution in [0.4, 0.5) is 0 Å². The number of morpholine rings is 1. The number of hydrogen-bond donors (Lipinski definition) is 1. The first-order chi connectivity index (χ1) is 11.7. The van der Waals surface area contributed by atoms with E-state index in [0.29, 0.717) is 26.3 Å². The van der Waals surface area contributed by atoms with Gasteiger partial charge < -0.3 is 10.1 Å². The van der Waals surface area contributed by atoms with Gasteiger partial charge in [-0.3, -0.25) is 9.69 Å². The summed E-state index contributed by atoms with van der Waals surface area (Å²) < 4.78 is 5.28. The molecule has 2 aromatic rings. The molecule has 1 N–H and O–H groups in total. The van der Waals surface area contributed by atoms with E-state index in [0.717, 1.165) is 34.8 Å². The zero-order valence-corrected chi connectivity index (χ0v) is 14.3. The molecule has 0 saturated carbocycles. The van der Waals surface area contributed by atoms with Crippen LogP contribution in [0.3, 0.4) is 0 Å². The number of carbonyl (C=O) groups is 1. The summed E-state index contributed by atoms with van der Waals surface area (Å²) in [4.78, 5) is 14.1. The van der Waals surface area contributed by atoms with Crippen LogP contribution in [0.15, 0.2) is 48.5 Å². The molecule has 2 aromatic carbocycles. The first-order valence-electron chi connectivity index (χ1n) is 8.12. The Kier molecular flexibility index (Phi) is 5.86. The van der Waals surface area contributed by atoms with Crippen molar-refractivity contribution >= 4 is 17.5 Å². The van der Waals surface area contributed by atoms with Crippen molar-refractivity contribution in [3.05, 3.63) is 59.1 Å². The highest BCUT2D eigenvalue weighted by molar-refractivity contribution is 6.30. The molecular formula is C19H21ClN2O2. The molecule has 1 aliphatic rings. The molecule has 0 aromatic heterocycles. The summed E-state index contributed by atoms with van der Waals surface area (Å²) >= 11 is 5.91. The highest BCUT2D eigenvalue weighted by Gasteiger charge is 2.13. The summed E-state index contributed by atoms with van der Waals surface area (Å²) in [5, 5.41) is 3.71. The van der Waals surface area contributed by atoms with Gasteiger partial charge in [-0.1, -0.05) is 48.0 Å². The van der Waals surface area contributed by atoms with Gasteiger partial charge in [-0.25, -0.2) is 0 Å². The Balaban J connectivity index is 1.50. The largest absolute Gasteiger partial charge is 0.379 e. The molecule has 1 fully saturated rings. The molecule has 0 spiro atoms. The van der Waals surface area contributed by atoms with Gasteiger partial charge in [0.25, 0.3) is 0 Å². The molecule has 1 heterocycles. The number of nitrogens with one attached hydrogen (secondary N) is 1. The summed E-state index contributed by atoms with van der Waals surface area (Å²) in [6.07, 6.45) is 0. The van der Waals surface area contributed by atoms with E-state index in [2.05, 4.69) is 22.3 Å². The lowest BCUT2D eigenvalue weighted by Gasteiger charge is -2.25. The normalized spacial score (nSPS) is 15.2. The van der Waals surface area contributed by atoms with E-state index in [1.54, 1.807) is 0 Å². The zero-order chi connectivity index (χ0) is 16.8. The Morgan fingerprint density at radius 1 is 1.00 bits per heavy atom. The molecule has 5 heteroatoms. The number of nitrogens with zero attached hydrogens (tertiary/aromatic N) is 1. The molecule has 0 aliphatic carbocycles. The minimum absolute atomic E-state index is 0.0543. The second-order valence-electron chi connectivity index (χ2n) is 5.87. The third-order valence-corrected chi connectivity index (χ3v) is 4.34. The smallest absolute Gasteiger partial charge is 0.234 e. The van der Waals surface area contributed by atoms with E-state index >= 15 is 0 Å². The Morgan fingerprint density at radius 2 is 1.58 bits per heavy atom. The number of carbonyl (C=O) groups excluding carboxylic acids is 1. The molecule has 1 aliphatic heterocycles. The van der Waals surface area contributed by atoms with Crippen molar-refractivity contribution in [3.8, 4) is 11.1 Å². The first-order valence-corrected chi connectivity index (χ1v) is 8.50. The highest BCUT2D eigenvalue weighted by Crippen LogP contribution is 2.21. The summed E-state index contributed by atoms with van der Waals surface area (Å²) in [6.45, 7) is 4.04. The van der Waals surface area contributed by atoms with Crippen LogP contribution in [0, 0.1) is 0 Å². The Hall–Kier alpha value is -1.88. The van der Waals surface area contributed by atoms with Crippen molar-refractivity contribution in [2.45, 2.75) is 6.54 Å². The molecular weight excluding hydrogens is 324 g/mol. The van der Waals surface area contributed by atoms with Crippen LogP contribution < -0.4 is 5.32 Å². The van der Waals surface area contributed by atoms with Gasteiger partial charge >= 0.3 is 0 Å². The molecule has 24 heavy (non-hydrogen) atoms. The average molecular weight is 345 g/mol. The predicted octanol–water partition coefficient (Wildman–Crippen LogP) is 2.96. The van der Waals surface area contributed by atoms with Gasteiger partial charge in [0.15, 0.2) is 0 Å². The molecule has 126 valence electrons. The van der Waals surface area contributed by atoms with Gasteiger partial charge in [-0.15, -0.1) is 0 Å². The standard InChI is InChI=1S/C19H21ClN2O2/c20-18-7-5-17(6-8-18)16-3-1-15(2-4-16)13-21-19(23)14-22-9-11-24-12-10-22/h1-8H,9-14H2,(H,21,23). The van der Waals surface area contributed by atoms with Crippen molar-refractivity contribution in [2.75, 3.05) is 32.8 Å². The van der Waals surface area contributed by atoms with E-state index in [9.17, 15) is 4.79 Å². The van der Waals surface area contributed by atoms with Crippen molar-refractivity contribution in [2.24, 2.45) is 0 Å². The fourth-order valence-corrected chi connectivity index (χ4v) is 2.80. The number of rotatable bonds is 5. The molecule has 0 radical (unpaired) electrons. The fraction of sp³-hybridized carbons (Fsp3) is 0.316. The van der Waals surface area contributed by atoms with E-state index in [1.165, 1.54) is 0 Å². The second kappa shape index (κ2) is 8.29. The predicted molar refractivity (Wildman–Crippen MR) is 96.0 cm³/mol. The SMILES string of the molecule is O=C(CN1CCOCC1)NCc1ccc(-c2ccc(Cl)cc2)cc1. The second-order valence-corrected chi connectivity index (χ2v) is 6.31. The molecule has 0 atom stereocenters.